The first-order chi connectivity index (χ1) is 23.9. The topological polar surface area (TPSA) is 88.1 Å². The number of hydrogen-bond donors (Lipinski definition) is 0. The minimum absolute atomic E-state index is 0.0144. The van der Waals surface area contributed by atoms with Crippen LogP contribution in [0.3, 0.4) is 0 Å². The molecule has 0 saturated carbocycles. The monoisotopic (exact) mass is 736 g/mol. The molecular weight excluding hydrogens is 703 g/mol. The number of alkyl halides is 7. The molecule has 0 spiro atoms. The highest BCUT2D eigenvalue weighted by atomic mass is 19.4. The second-order valence-corrected chi connectivity index (χ2v) is 11.3. The molecule has 0 fully saturated rings. The Hall–Kier alpha value is -4.76. The summed E-state index contributed by atoms with van der Waals surface area (Å²) in [6.07, 6.45) is -3.08. The number of halogens is 9. The number of benzene rings is 3. The molecule has 0 aromatic heterocycles. The highest BCUT2D eigenvalue weighted by Gasteiger charge is 2.77. The molecule has 3 rings (SSSR count). The van der Waals surface area contributed by atoms with Crippen molar-refractivity contribution >= 4 is 17.9 Å². The van der Waals surface area contributed by atoms with E-state index in [2.05, 4.69) is 11.7 Å². The first kappa shape index (κ1) is 40.7. The van der Waals surface area contributed by atoms with Crippen LogP contribution >= 0.6 is 0 Å². The number of carbonyl (C=O) groups excluding carboxylic acids is 3. The van der Waals surface area contributed by atoms with Crippen LogP contribution in [0.4, 0.5) is 39.5 Å². The van der Waals surface area contributed by atoms with E-state index in [1.54, 1.807) is 19.1 Å². The zero-order chi connectivity index (χ0) is 38.0. The van der Waals surface area contributed by atoms with E-state index >= 15 is 0 Å². The third-order valence-electron chi connectivity index (χ3n) is 7.35. The van der Waals surface area contributed by atoms with Crippen molar-refractivity contribution in [2.45, 2.75) is 76.5 Å². The fraction of sp³-hybridized carbons (Fsp3) is 0.400. The average molecular weight is 737 g/mol. The highest BCUT2D eigenvalue weighted by molar-refractivity contribution is 5.92. The van der Waals surface area contributed by atoms with Gasteiger partial charge in [-0.1, -0.05) is 50.5 Å². The summed E-state index contributed by atoms with van der Waals surface area (Å²) in [6, 6.07) is 13.8. The summed E-state index contributed by atoms with van der Waals surface area (Å²) in [4.78, 5) is 36.2. The molecule has 51 heavy (non-hydrogen) atoms. The lowest BCUT2D eigenvalue weighted by Gasteiger charge is -2.26. The van der Waals surface area contributed by atoms with Crippen LogP contribution in [0.2, 0.25) is 0 Å². The number of rotatable bonds is 17. The number of unbranched alkanes of at least 4 members (excludes halogenated alkanes) is 3. The standard InChI is InChI=1S/C35H33F9O7/c1-3-4-5-6-8-21(2)50-31(46)26-17-18-27(29(37)28(26)36)51-30(45)24-11-9-22(10-12-24)23-13-15-25(16-14-23)48-19-7-20-49-32(47)33(38,39)34(40,41)35(42,43)44/h9-18,21H,3-8,19-20H2,1-2H3. The molecule has 7 nitrogen and oxygen atoms in total. The Kier molecular flexibility index (Phi) is 13.9. The molecule has 16 heteroatoms. The quantitative estimate of drug-likeness (QED) is 0.0591. The Balaban J connectivity index is 1.50. The molecule has 278 valence electrons. The molecule has 0 N–H and O–H groups in total. The zero-order valence-corrected chi connectivity index (χ0v) is 27.3. The summed E-state index contributed by atoms with van der Waals surface area (Å²) >= 11 is 0. The van der Waals surface area contributed by atoms with Crippen molar-refractivity contribution in [2.24, 2.45) is 0 Å². The van der Waals surface area contributed by atoms with E-state index in [1.807, 2.05) is 0 Å². The molecule has 3 aromatic carbocycles. The fourth-order valence-electron chi connectivity index (χ4n) is 4.44. The number of hydrogen-bond acceptors (Lipinski definition) is 7. The maximum atomic E-state index is 14.7. The molecule has 1 unspecified atom stereocenters. The van der Waals surface area contributed by atoms with Gasteiger partial charge in [0.05, 0.1) is 30.4 Å². The summed E-state index contributed by atoms with van der Waals surface area (Å²) in [7, 11) is 0. The van der Waals surface area contributed by atoms with Crippen molar-refractivity contribution in [3.05, 3.63) is 83.4 Å². The van der Waals surface area contributed by atoms with Crippen molar-refractivity contribution in [3.63, 3.8) is 0 Å². The Bertz CT molecular complexity index is 1640. The zero-order valence-electron chi connectivity index (χ0n) is 27.3. The Labute approximate surface area is 286 Å². The molecular formula is C35H33F9O7. The van der Waals surface area contributed by atoms with E-state index in [4.69, 9.17) is 14.2 Å². The second-order valence-electron chi connectivity index (χ2n) is 11.3. The second kappa shape index (κ2) is 17.4. The van der Waals surface area contributed by atoms with E-state index in [0.717, 1.165) is 37.8 Å². The molecule has 0 radical (unpaired) electrons. The van der Waals surface area contributed by atoms with Crippen LogP contribution in [-0.4, -0.2) is 55.2 Å². The normalized spacial score (nSPS) is 12.6. The predicted molar refractivity (Wildman–Crippen MR) is 164 cm³/mol. The van der Waals surface area contributed by atoms with Crippen LogP contribution in [0, 0.1) is 11.6 Å². The number of carbonyl (C=O) groups is 3. The van der Waals surface area contributed by atoms with Crippen LogP contribution in [-0.2, 0) is 14.3 Å². The molecule has 0 amide bonds. The van der Waals surface area contributed by atoms with Crippen LogP contribution in [0.25, 0.3) is 11.1 Å². The van der Waals surface area contributed by atoms with E-state index in [0.29, 0.717) is 17.5 Å². The van der Waals surface area contributed by atoms with Crippen LogP contribution < -0.4 is 9.47 Å². The maximum absolute atomic E-state index is 14.7. The lowest BCUT2D eigenvalue weighted by Crippen LogP contribution is -2.56. The highest BCUT2D eigenvalue weighted by Crippen LogP contribution is 2.47. The van der Waals surface area contributed by atoms with Crippen molar-refractivity contribution in [1.29, 1.82) is 0 Å². The summed E-state index contributed by atoms with van der Waals surface area (Å²) in [5.41, 5.74) is 0.565. The summed E-state index contributed by atoms with van der Waals surface area (Å²) in [5, 5.41) is 0. The van der Waals surface area contributed by atoms with Gasteiger partial charge in [0.1, 0.15) is 5.75 Å². The molecule has 1 atom stereocenters. The predicted octanol–water partition coefficient (Wildman–Crippen LogP) is 9.51. The van der Waals surface area contributed by atoms with Gasteiger partial charge in [-0.05, 0) is 67.3 Å². The Morgan fingerprint density at radius 3 is 1.90 bits per heavy atom. The lowest BCUT2D eigenvalue weighted by molar-refractivity contribution is -0.348. The van der Waals surface area contributed by atoms with Gasteiger partial charge in [-0.25, -0.2) is 18.8 Å². The first-order valence-electron chi connectivity index (χ1n) is 15.6. The minimum atomic E-state index is -6.67. The molecule has 0 aliphatic rings. The van der Waals surface area contributed by atoms with Gasteiger partial charge in [0.2, 0.25) is 5.82 Å². The molecule has 0 saturated heterocycles. The molecule has 0 aliphatic carbocycles. The van der Waals surface area contributed by atoms with Crippen LogP contribution in [0.1, 0.15) is 73.1 Å². The molecule has 3 aromatic rings. The van der Waals surface area contributed by atoms with Crippen molar-refractivity contribution in [2.75, 3.05) is 13.2 Å². The number of ether oxygens (including phenoxy) is 4. The van der Waals surface area contributed by atoms with Gasteiger partial charge in [0.15, 0.2) is 11.6 Å². The summed E-state index contributed by atoms with van der Waals surface area (Å²) < 4.78 is 138. The van der Waals surface area contributed by atoms with E-state index in [9.17, 15) is 53.9 Å². The third-order valence-corrected chi connectivity index (χ3v) is 7.35. The number of esters is 3. The van der Waals surface area contributed by atoms with Crippen LogP contribution in [0.15, 0.2) is 60.7 Å². The van der Waals surface area contributed by atoms with Crippen molar-refractivity contribution in [3.8, 4) is 22.6 Å². The van der Waals surface area contributed by atoms with Gasteiger partial charge >= 0.3 is 35.9 Å². The van der Waals surface area contributed by atoms with Gasteiger partial charge in [-0.2, -0.15) is 35.1 Å². The Morgan fingerprint density at radius 1 is 0.706 bits per heavy atom. The Morgan fingerprint density at radius 2 is 1.31 bits per heavy atom. The van der Waals surface area contributed by atoms with Gasteiger partial charge in [-0.15, -0.1) is 0 Å². The van der Waals surface area contributed by atoms with Crippen LogP contribution in [0.5, 0.6) is 11.5 Å². The lowest BCUT2D eigenvalue weighted by atomic mass is 10.0. The molecule has 0 aliphatic heterocycles. The largest absolute Gasteiger partial charge is 0.493 e. The van der Waals surface area contributed by atoms with Gasteiger partial charge < -0.3 is 18.9 Å². The SMILES string of the molecule is CCCCCCC(C)OC(=O)c1ccc(OC(=O)c2ccc(-c3ccc(OCCCOC(=O)C(F)(F)C(F)(F)C(F)(F)F)cc3)cc2)c(F)c1F. The van der Waals surface area contributed by atoms with Gasteiger partial charge in [-0.3, -0.25) is 0 Å². The van der Waals surface area contributed by atoms with E-state index in [1.165, 1.54) is 36.4 Å². The first-order valence-corrected chi connectivity index (χ1v) is 15.6. The average Bonchev–Trinajstić information content (AvgIpc) is 3.08. The van der Waals surface area contributed by atoms with Crippen molar-refractivity contribution in [1.82, 2.24) is 0 Å². The summed E-state index contributed by atoms with van der Waals surface area (Å²) in [5.74, 6) is -21.4. The third kappa shape index (κ3) is 10.4. The van der Waals surface area contributed by atoms with E-state index in [-0.39, 0.29) is 24.3 Å². The molecule has 0 bridgehead atoms. The smallest absolute Gasteiger partial charge is 0.460 e. The van der Waals surface area contributed by atoms with Crippen molar-refractivity contribution < 1.29 is 72.8 Å². The maximum Gasteiger partial charge on any atom is 0.460 e. The molecule has 0 heterocycles. The minimum Gasteiger partial charge on any atom is -0.493 e. The van der Waals surface area contributed by atoms with Gasteiger partial charge in [0, 0.05) is 6.42 Å². The summed E-state index contributed by atoms with van der Waals surface area (Å²) in [6.45, 7) is 2.51. The van der Waals surface area contributed by atoms with Gasteiger partial charge in [0.25, 0.3) is 0 Å². The fourth-order valence-corrected chi connectivity index (χ4v) is 4.44. The van der Waals surface area contributed by atoms with E-state index < -0.39 is 71.6 Å².